The Bertz CT molecular complexity index is 775. The zero-order valence-electron chi connectivity index (χ0n) is 15.8. The van der Waals surface area contributed by atoms with Crippen LogP contribution in [0.25, 0.3) is 0 Å². The maximum atomic E-state index is 9.84. The molecule has 0 aromatic heterocycles. The van der Waals surface area contributed by atoms with E-state index in [-0.39, 0.29) is 29.4 Å². The lowest BCUT2D eigenvalue weighted by atomic mass is 9.84. The first kappa shape index (κ1) is 19.3. The van der Waals surface area contributed by atoms with E-state index >= 15 is 0 Å². The summed E-state index contributed by atoms with van der Waals surface area (Å²) in [6.07, 6.45) is 0.652. The molecule has 0 saturated carbocycles. The first-order valence-electron chi connectivity index (χ1n) is 8.90. The number of phenols is 2. The van der Waals surface area contributed by atoms with Crippen molar-refractivity contribution >= 4 is 0 Å². The Balaban J connectivity index is 1.81. The molecule has 2 N–H and O–H groups in total. The molecule has 0 radical (unpaired) electrons. The fraction of sp³-hybridized carbons (Fsp3) is 0.429. The van der Waals surface area contributed by atoms with Gasteiger partial charge in [-0.15, -0.1) is 0 Å². The normalized spacial score (nSPS) is 22.0. The van der Waals surface area contributed by atoms with Gasteiger partial charge in [0, 0.05) is 13.0 Å². The van der Waals surface area contributed by atoms with Crippen LogP contribution in [0.5, 0.6) is 23.0 Å². The van der Waals surface area contributed by atoms with Crippen LogP contribution in [0.4, 0.5) is 0 Å². The van der Waals surface area contributed by atoms with E-state index in [1.165, 1.54) is 7.11 Å². The summed E-state index contributed by atoms with van der Waals surface area (Å²) in [7, 11) is 4.76. The number of hydrogen-bond acceptors (Lipinski definition) is 6. The highest BCUT2D eigenvalue weighted by molar-refractivity contribution is 5.43. The monoisotopic (exact) mass is 374 g/mol. The van der Waals surface area contributed by atoms with Crippen LogP contribution in [0.1, 0.15) is 17.2 Å². The fourth-order valence-corrected chi connectivity index (χ4v) is 3.71. The number of hydrogen-bond donors (Lipinski definition) is 2. The van der Waals surface area contributed by atoms with Gasteiger partial charge in [0.05, 0.1) is 33.5 Å². The lowest BCUT2D eigenvalue weighted by molar-refractivity contribution is 0.0582. The molecular formula is C21H26O6. The summed E-state index contributed by atoms with van der Waals surface area (Å²) in [5.74, 6) is 1.54. The van der Waals surface area contributed by atoms with Crippen molar-refractivity contribution in [2.45, 2.75) is 12.5 Å². The van der Waals surface area contributed by atoms with Gasteiger partial charge < -0.3 is 29.2 Å². The number of methoxy groups -OCH3 is 3. The summed E-state index contributed by atoms with van der Waals surface area (Å²) in [5.41, 5.74) is 2.03. The molecule has 0 amide bonds. The summed E-state index contributed by atoms with van der Waals surface area (Å²) in [6, 6.07) is 10.7. The predicted octanol–water partition coefficient (Wildman–Crippen LogP) is 3.31. The van der Waals surface area contributed by atoms with Gasteiger partial charge in [0.1, 0.15) is 0 Å². The lowest BCUT2D eigenvalue weighted by Gasteiger charge is -2.23. The second-order valence-electron chi connectivity index (χ2n) is 6.77. The molecule has 146 valence electrons. The van der Waals surface area contributed by atoms with E-state index in [0.717, 1.165) is 17.5 Å². The lowest BCUT2D eigenvalue weighted by Crippen LogP contribution is -2.22. The molecule has 3 rings (SSSR count). The fourth-order valence-electron chi connectivity index (χ4n) is 3.71. The molecule has 2 aromatic rings. The van der Waals surface area contributed by atoms with Gasteiger partial charge >= 0.3 is 0 Å². The van der Waals surface area contributed by atoms with Crippen LogP contribution < -0.4 is 9.47 Å². The van der Waals surface area contributed by atoms with Crippen LogP contribution in [-0.2, 0) is 15.9 Å². The zero-order valence-corrected chi connectivity index (χ0v) is 15.8. The van der Waals surface area contributed by atoms with E-state index in [9.17, 15) is 10.2 Å². The van der Waals surface area contributed by atoms with Gasteiger partial charge in [0.25, 0.3) is 0 Å². The quantitative estimate of drug-likeness (QED) is 0.774. The smallest absolute Gasteiger partial charge is 0.160 e. The molecule has 0 bridgehead atoms. The molecule has 27 heavy (non-hydrogen) atoms. The van der Waals surface area contributed by atoms with Gasteiger partial charge in [0.15, 0.2) is 23.0 Å². The van der Waals surface area contributed by atoms with E-state index in [4.69, 9.17) is 18.9 Å². The van der Waals surface area contributed by atoms with Crippen molar-refractivity contribution in [2.24, 2.45) is 11.8 Å². The second-order valence-corrected chi connectivity index (χ2v) is 6.77. The van der Waals surface area contributed by atoms with Gasteiger partial charge in [-0.05, 0) is 47.7 Å². The van der Waals surface area contributed by atoms with E-state index in [1.54, 1.807) is 26.4 Å². The van der Waals surface area contributed by atoms with Gasteiger partial charge in [-0.1, -0.05) is 12.1 Å². The van der Waals surface area contributed by atoms with Crippen LogP contribution in [0.15, 0.2) is 36.4 Å². The first-order chi connectivity index (χ1) is 13.1. The van der Waals surface area contributed by atoms with Crippen LogP contribution in [0.3, 0.4) is 0 Å². The zero-order chi connectivity index (χ0) is 19.4. The van der Waals surface area contributed by atoms with Crippen LogP contribution in [-0.4, -0.2) is 44.8 Å². The Labute approximate surface area is 159 Å². The van der Waals surface area contributed by atoms with Crippen molar-refractivity contribution in [2.75, 3.05) is 34.5 Å². The average Bonchev–Trinajstić information content (AvgIpc) is 3.06. The van der Waals surface area contributed by atoms with E-state index < -0.39 is 0 Å². The van der Waals surface area contributed by atoms with Crippen molar-refractivity contribution < 1.29 is 29.2 Å². The number of benzene rings is 2. The second kappa shape index (κ2) is 8.50. The van der Waals surface area contributed by atoms with Crippen LogP contribution in [0, 0.1) is 11.8 Å². The molecule has 1 fully saturated rings. The Kier molecular flexibility index (Phi) is 6.08. The number of aromatic hydroxyl groups is 2. The third-order valence-electron chi connectivity index (χ3n) is 5.12. The molecule has 3 atom stereocenters. The molecular weight excluding hydrogens is 348 g/mol. The molecule has 6 heteroatoms. The minimum Gasteiger partial charge on any atom is -0.504 e. The third kappa shape index (κ3) is 4.12. The van der Waals surface area contributed by atoms with Gasteiger partial charge in [0.2, 0.25) is 0 Å². The molecule has 2 aromatic carbocycles. The standard InChI is InChI=1S/C21H26O6/c1-24-12-16-15(8-13-4-6-17(22)19(9-13)25-2)11-27-21(16)14-5-7-18(23)20(10-14)26-3/h4-7,9-10,15-16,21-23H,8,11-12H2,1-3H3/t15-,16+,21+/m0/s1. The SMILES string of the molecule is COC[C@@H]1[C@@H](Cc2ccc(O)c(OC)c2)CO[C@@H]1c1ccc(O)c(OC)c1. The molecule has 1 saturated heterocycles. The van der Waals surface area contributed by atoms with E-state index in [2.05, 4.69) is 0 Å². The van der Waals surface area contributed by atoms with Crippen molar-refractivity contribution in [1.82, 2.24) is 0 Å². The summed E-state index contributed by atoms with van der Waals surface area (Å²) in [6.45, 7) is 1.17. The van der Waals surface area contributed by atoms with Gasteiger partial charge in [-0.2, -0.15) is 0 Å². The Hall–Kier alpha value is -2.44. The highest BCUT2D eigenvalue weighted by Crippen LogP contribution is 2.42. The molecule has 0 unspecified atom stereocenters. The summed E-state index contributed by atoms with van der Waals surface area (Å²) < 4.78 is 22.0. The van der Waals surface area contributed by atoms with Crippen molar-refractivity contribution in [1.29, 1.82) is 0 Å². The summed E-state index contributed by atoms with van der Waals surface area (Å²) >= 11 is 0. The first-order valence-corrected chi connectivity index (χ1v) is 8.90. The summed E-state index contributed by atoms with van der Waals surface area (Å²) in [4.78, 5) is 0. The Morgan fingerprint density at radius 2 is 1.63 bits per heavy atom. The number of rotatable bonds is 7. The maximum absolute atomic E-state index is 9.84. The van der Waals surface area contributed by atoms with Crippen LogP contribution in [0.2, 0.25) is 0 Å². The molecule has 1 aliphatic rings. The van der Waals surface area contributed by atoms with Crippen molar-refractivity contribution in [3.05, 3.63) is 47.5 Å². The number of ether oxygens (including phenoxy) is 4. The van der Waals surface area contributed by atoms with Crippen molar-refractivity contribution in [3.63, 3.8) is 0 Å². The molecule has 6 nitrogen and oxygen atoms in total. The molecule has 1 aliphatic heterocycles. The molecule has 0 spiro atoms. The number of phenolic OH excluding ortho intramolecular Hbond substituents is 2. The minimum absolute atomic E-state index is 0.107. The van der Waals surface area contributed by atoms with E-state index in [1.807, 2.05) is 24.3 Å². The molecule has 0 aliphatic carbocycles. The predicted molar refractivity (Wildman–Crippen MR) is 101 cm³/mol. The van der Waals surface area contributed by atoms with Gasteiger partial charge in [-0.3, -0.25) is 0 Å². The van der Waals surface area contributed by atoms with E-state index in [0.29, 0.717) is 24.7 Å². The minimum atomic E-state index is -0.136. The Morgan fingerprint density at radius 1 is 0.963 bits per heavy atom. The molecule has 1 heterocycles. The summed E-state index contributed by atoms with van der Waals surface area (Å²) in [5, 5.41) is 19.6. The van der Waals surface area contributed by atoms with Gasteiger partial charge in [-0.25, -0.2) is 0 Å². The Morgan fingerprint density at radius 3 is 2.30 bits per heavy atom. The average molecular weight is 374 g/mol. The highest BCUT2D eigenvalue weighted by Gasteiger charge is 2.38. The van der Waals surface area contributed by atoms with Crippen molar-refractivity contribution in [3.8, 4) is 23.0 Å². The third-order valence-corrected chi connectivity index (χ3v) is 5.12. The highest BCUT2D eigenvalue weighted by atomic mass is 16.5. The topological polar surface area (TPSA) is 77.4 Å². The maximum Gasteiger partial charge on any atom is 0.160 e. The largest absolute Gasteiger partial charge is 0.504 e. The van der Waals surface area contributed by atoms with Crippen LogP contribution >= 0.6 is 0 Å².